The number of ether oxygens (including phenoxy) is 1. The predicted octanol–water partition coefficient (Wildman–Crippen LogP) is 3.94. The number of nitrogens with zero attached hydrogens (tertiary/aromatic N) is 1. The molecule has 0 bridgehead atoms. The number of alkyl carbamates (subject to hydrolysis) is 1. The zero-order valence-electron chi connectivity index (χ0n) is 15.3. The highest BCUT2D eigenvalue weighted by Crippen LogP contribution is 2.43. The maximum atomic E-state index is 12.0. The van der Waals surface area contributed by atoms with Gasteiger partial charge in [-0.05, 0) is 70.7 Å². The van der Waals surface area contributed by atoms with Crippen LogP contribution < -0.4 is 5.32 Å². The van der Waals surface area contributed by atoms with E-state index in [1.54, 1.807) is 5.57 Å². The number of likely N-dealkylation sites (tertiary alicyclic amines) is 1. The van der Waals surface area contributed by atoms with E-state index in [1.807, 2.05) is 32.5 Å². The smallest absolute Gasteiger partial charge is 0.407 e. The van der Waals surface area contributed by atoms with Gasteiger partial charge in [0.25, 0.3) is 0 Å². The van der Waals surface area contributed by atoms with Crippen molar-refractivity contribution in [2.45, 2.75) is 64.6 Å². The van der Waals surface area contributed by atoms with E-state index in [1.165, 1.54) is 29.9 Å². The molecule has 0 aromatic rings. The molecule has 0 spiro atoms. The summed E-state index contributed by atoms with van der Waals surface area (Å²) in [5.41, 5.74) is 1.19. The van der Waals surface area contributed by atoms with Crippen molar-refractivity contribution in [1.82, 2.24) is 10.2 Å². The Hall–Kier alpha value is -0.940. The zero-order chi connectivity index (χ0) is 17.3. The lowest BCUT2D eigenvalue weighted by atomic mass is 9.86. The fourth-order valence-electron chi connectivity index (χ4n) is 3.99. The molecule has 2 aliphatic heterocycles. The monoisotopic (exact) mass is 350 g/mol. The molecule has 1 amide bonds. The number of thioether (sulfide) groups is 1. The van der Waals surface area contributed by atoms with E-state index in [4.69, 9.17) is 4.74 Å². The Balaban J connectivity index is 1.60. The number of allylic oxidation sites excluding steroid dienone is 1. The van der Waals surface area contributed by atoms with E-state index in [0.29, 0.717) is 12.0 Å². The molecule has 1 fully saturated rings. The summed E-state index contributed by atoms with van der Waals surface area (Å²) in [5, 5.41) is 2.99. The molecule has 24 heavy (non-hydrogen) atoms. The average molecular weight is 351 g/mol. The average Bonchev–Trinajstić information content (AvgIpc) is 2.88. The van der Waals surface area contributed by atoms with Crippen LogP contribution in [0.15, 0.2) is 22.6 Å². The zero-order valence-corrected chi connectivity index (χ0v) is 16.1. The van der Waals surface area contributed by atoms with Gasteiger partial charge in [-0.15, -0.1) is 11.8 Å². The van der Waals surface area contributed by atoms with Gasteiger partial charge >= 0.3 is 6.09 Å². The minimum atomic E-state index is -0.449. The third-order valence-electron chi connectivity index (χ3n) is 4.84. The van der Waals surface area contributed by atoms with Crippen LogP contribution >= 0.6 is 11.8 Å². The van der Waals surface area contributed by atoms with Crippen molar-refractivity contribution in [3.05, 3.63) is 22.6 Å². The molecule has 5 heteroatoms. The van der Waals surface area contributed by atoms with E-state index < -0.39 is 5.60 Å². The molecular formula is C19H30N2O2S. The first-order valence-electron chi connectivity index (χ1n) is 9.11. The van der Waals surface area contributed by atoms with Crippen LogP contribution in [-0.4, -0.2) is 47.5 Å². The van der Waals surface area contributed by atoms with Gasteiger partial charge in [0.2, 0.25) is 0 Å². The molecule has 0 aromatic heterocycles. The number of amides is 1. The predicted molar refractivity (Wildman–Crippen MR) is 100 cm³/mol. The Bertz CT molecular complexity index is 550. The second kappa shape index (κ2) is 7.12. The van der Waals surface area contributed by atoms with Crippen LogP contribution in [0.1, 0.15) is 47.0 Å². The van der Waals surface area contributed by atoms with Crippen molar-refractivity contribution in [2.24, 2.45) is 5.92 Å². The molecule has 2 heterocycles. The number of carbonyl (C=O) groups is 1. The summed E-state index contributed by atoms with van der Waals surface area (Å²) >= 11 is 2.01. The van der Waals surface area contributed by atoms with E-state index in [-0.39, 0.29) is 12.1 Å². The lowest BCUT2D eigenvalue weighted by Crippen LogP contribution is -2.46. The normalized spacial score (nSPS) is 28.3. The molecule has 0 aromatic carbocycles. The molecule has 3 aliphatic rings. The van der Waals surface area contributed by atoms with Crippen molar-refractivity contribution in [2.75, 3.05) is 18.8 Å². The fourth-order valence-corrected chi connectivity index (χ4v) is 5.09. The standard InChI is InChI=1S/C19H30N2O2S/c1-13(20-18(22)23-19(2,3)4)12-21-10-9-14-7-8-16-15(17(14)21)6-5-11-24-16/h7-8,13-14,17H,5-6,9-12H2,1-4H3,(H,20,22)/t13?,14?,17-/m0/s1. The Labute approximate surface area is 150 Å². The third kappa shape index (κ3) is 4.17. The summed E-state index contributed by atoms with van der Waals surface area (Å²) in [5.74, 6) is 1.90. The highest BCUT2D eigenvalue weighted by molar-refractivity contribution is 8.03. The van der Waals surface area contributed by atoms with Crippen LogP contribution in [0.5, 0.6) is 0 Å². The van der Waals surface area contributed by atoms with Gasteiger partial charge in [-0.2, -0.15) is 0 Å². The van der Waals surface area contributed by atoms with Crippen molar-refractivity contribution in [3.63, 3.8) is 0 Å². The van der Waals surface area contributed by atoms with Gasteiger partial charge in [0.15, 0.2) is 0 Å². The fraction of sp³-hybridized carbons (Fsp3) is 0.737. The van der Waals surface area contributed by atoms with Crippen LogP contribution in [0.3, 0.4) is 0 Å². The van der Waals surface area contributed by atoms with Crippen LogP contribution in [0.2, 0.25) is 0 Å². The topological polar surface area (TPSA) is 41.6 Å². The van der Waals surface area contributed by atoms with Gasteiger partial charge in [0, 0.05) is 23.5 Å². The van der Waals surface area contributed by atoms with Gasteiger partial charge < -0.3 is 10.1 Å². The number of hydrogen-bond acceptors (Lipinski definition) is 4. The van der Waals surface area contributed by atoms with E-state index in [9.17, 15) is 4.79 Å². The SMILES string of the molecule is CC(CN1CCC2C=CC3=C(CCCS3)[C@H]21)NC(=O)OC(C)(C)C. The van der Waals surface area contributed by atoms with Crippen molar-refractivity contribution >= 4 is 17.9 Å². The van der Waals surface area contributed by atoms with E-state index in [2.05, 4.69) is 29.3 Å². The second-order valence-corrected chi connectivity index (χ2v) is 9.28. The molecule has 134 valence electrons. The molecule has 2 unspecified atom stereocenters. The van der Waals surface area contributed by atoms with Crippen molar-refractivity contribution < 1.29 is 9.53 Å². The summed E-state index contributed by atoms with van der Waals surface area (Å²) in [6.45, 7) is 9.75. The summed E-state index contributed by atoms with van der Waals surface area (Å²) in [6, 6.07) is 0.630. The minimum absolute atomic E-state index is 0.0878. The summed E-state index contributed by atoms with van der Waals surface area (Å²) < 4.78 is 5.37. The Morgan fingerprint density at radius 2 is 2.29 bits per heavy atom. The highest BCUT2D eigenvalue weighted by atomic mass is 32.2. The number of hydrogen-bond donors (Lipinski definition) is 1. The molecule has 1 aliphatic carbocycles. The molecule has 3 rings (SSSR count). The third-order valence-corrected chi connectivity index (χ3v) is 6.04. The first kappa shape index (κ1) is 17.9. The quantitative estimate of drug-likeness (QED) is 0.837. The van der Waals surface area contributed by atoms with Crippen molar-refractivity contribution in [3.8, 4) is 0 Å². The molecule has 1 N–H and O–H groups in total. The Morgan fingerprint density at radius 1 is 1.50 bits per heavy atom. The maximum Gasteiger partial charge on any atom is 0.407 e. The van der Waals surface area contributed by atoms with Crippen LogP contribution in [0.4, 0.5) is 4.79 Å². The maximum absolute atomic E-state index is 12.0. The number of fused-ring (bicyclic) bond motifs is 2. The first-order chi connectivity index (χ1) is 11.3. The summed E-state index contributed by atoms with van der Waals surface area (Å²) in [7, 11) is 0. The van der Waals surface area contributed by atoms with E-state index >= 15 is 0 Å². The number of rotatable bonds is 3. The highest BCUT2D eigenvalue weighted by Gasteiger charge is 2.39. The van der Waals surface area contributed by atoms with Crippen molar-refractivity contribution in [1.29, 1.82) is 0 Å². The molecule has 4 nitrogen and oxygen atoms in total. The van der Waals surface area contributed by atoms with Gasteiger partial charge in [-0.1, -0.05) is 12.2 Å². The van der Waals surface area contributed by atoms with Crippen LogP contribution in [-0.2, 0) is 4.74 Å². The number of nitrogens with one attached hydrogen (secondary N) is 1. The lowest BCUT2D eigenvalue weighted by Gasteiger charge is -2.36. The Morgan fingerprint density at radius 3 is 3.04 bits per heavy atom. The van der Waals surface area contributed by atoms with Crippen LogP contribution in [0.25, 0.3) is 0 Å². The van der Waals surface area contributed by atoms with E-state index in [0.717, 1.165) is 13.1 Å². The lowest BCUT2D eigenvalue weighted by molar-refractivity contribution is 0.0496. The molecule has 3 atom stereocenters. The number of carbonyl (C=O) groups excluding carboxylic acids is 1. The summed E-state index contributed by atoms with van der Waals surface area (Å²) in [4.78, 5) is 16.0. The van der Waals surface area contributed by atoms with Crippen LogP contribution in [0, 0.1) is 5.92 Å². The first-order valence-corrected chi connectivity index (χ1v) is 10.1. The van der Waals surface area contributed by atoms with Gasteiger partial charge in [-0.3, -0.25) is 4.90 Å². The minimum Gasteiger partial charge on any atom is -0.444 e. The largest absolute Gasteiger partial charge is 0.444 e. The van der Waals surface area contributed by atoms with Gasteiger partial charge in [-0.25, -0.2) is 4.79 Å². The molecule has 0 radical (unpaired) electrons. The van der Waals surface area contributed by atoms with Gasteiger partial charge in [0.05, 0.1) is 0 Å². The molecule has 0 saturated carbocycles. The molecule has 1 saturated heterocycles. The molecular weight excluding hydrogens is 320 g/mol. The summed E-state index contributed by atoms with van der Waals surface area (Å²) in [6.07, 6.45) is 8.20. The second-order valence-electron chi connectivity index (χ2n) is 8.14. The van der Waals surface area contributed by atoms with Gasteiger partial charge in [0.1, 0.15) is 5.60 Å². The Kier molecular flexibility index (Phi) is 5.30.